The molecule has 0 saturated heterocycles. The van der Waals surface area contributed by atoms with Gasteiger partial charge in [-0.1, -0.05) is 0 Å². The Morgan fingerprint density at radius 2 is 1.95 bits per heavy atom. The number of aromatic amines is 2. The minimum atomic E-state index is -0.377. The molecule has 0 amide bonds. The van der Waals surface area contributed by atoms with Gasteiger partial charge in [0, 0.05) is 0 Å². The quantitative estimate of drug-likeness (QED) is 0.659. The molecule has 0 radical (unpaired) electrons. The number of H-pyrrole nitrogens is 2. The first-order valence-electron chi connectivity index (χ1n) is 6.10. The Morgan fingerprint density at radius 3 is 2.67 bits per heavy atom. The summed E-state index contributed by atoms with van der Waals surface area (Å²) in [6.07, 6.45) is 0. The van der Waals surface area contributed by atoms with Gasteiger partial charge in [-0.3, -0.25) is 9.78 Å². The average molecular weight is 287 g/mol. The highest BCUT2D eigenvalue weighted by molar-refractivity contribution is 5.78. The first-order valence-corrected chi connectivity index (χ1v) is 6.10. The summed E-state index contributed by atoms with van der Waals surface area (Å²) in [6.45, 7) is 0. The van der Waals surface area contributed by atoms with E-state index in [4.69, 9.17) is 15.2 Å². The fourth-order valence-corrected chi connectivity index (χ4v) is 2.05. The molecule has 21 heavy (non-hydrogen) atoms. The number of nitrogens with zero attached hydrogens (tertiary/aromatic N) is 2. The number of fused-ring (bicyclic) bond motifs is 1. The van der Waals surface area contributed by atoms with Crippen LogP contribution < -0.4 is 20.8 Å². The summed E-state index contributed by atoms with van der Waals surface area (Å²) in [5, 5.41) is 0. The maximum Gasteiger partial charge on any atom is 0.278 e. The fourth-order valence-electron chi connectivity index (χ4n) is 2.05. The number of nitrogens with one attached hydrogen (secondary N) is 2. The minimum absolute atomic E-state index is 0.0168. The van der Waals surface area contributed by atoms with Crippen LogP contribution in [-0.4, -0.2) is 34.2 Å². The van der Waals surface area contributed by atoms with Gasteiger partial charge in [0.05, 0.1) is 19.8 Å². The molecular weight excluding hydrogens is 274 g/mol. The monoisotopic (exact) mass is 287 g/mol. The number of hydrogen-bond donors (Lipinski definition) is 3. The van der Waals surface area contributed by atoms with Gasteiger partial charge < -0.3 is 20.2 Å². The van der Waals surface area contributed by atoms with Crippen molar-refractivity contribution in [1.82, 2.24) is 19.9 Å². The molecule has 3 rings (SSSR count). The van der Waals surface area contributed by atoms with E-state index in [1.807, 2.05) is 0 Å². The summed E-state index contributed by atoms with van der Waals surface area (Å²) in [5.41, 5.74) is 6.29. The van der Waals surface area contributed by atoms with Crippen molar-refractivity contribution in [1.29, 1.82) is 0 Å². The average Bonchev–Trinajstić information content (AvgIpc) is 2.90. The standard InChI is InChI=1S/C13H13N5O3/c1-20-6-3-4-8(21-2)7(5-6)10-15-9-11(16-10)17-13(14)18-12(9)19/h3-5H,1-2H3,(H4,14,15,16,17,18,19). The number of hydrogen-bond acceptors (Lipinski definition) is 6. The molecule has 0 atom stereocenters. The molecule has 8 nitrogen and oxygen atoms in total. The maximum absolute atomic E-state index is 11.8. The normalized spacial score (nSPS) is 10.8. The summed E-state index contributed by atoms with van der Waals surface area (Å²) in [5.74, 6) is 1.71. The Hall–Kier alpha value is -3.03. The van der Waals surface area contributed by atoms with Crippen molar-refractivity contribution in [3.05, 3.63) is 28.6 Å². The molecule has 1 aromatic carbocycles. The van der Waals surface area contributed by atoms with Crippen molar-refractivity contribution in [3.8, 4) is 22.9 Å². The summed E-state index contributed by atoms with van der Waals surface area (Å²) in [6, 6.07) is 5.29. The number of aromatic nitrogens is 4. The highest BCUT2D eigenvalue weighted by Crippen LogP contribution is 2.32. The van der Waals surface area contributed by atoms with Crippen LogP contribution in [-0.2, 0) is 0 Å². The van der Waals surface area contributed by atoms with Gasteiger partial charge in [0.2, 0.25) is 5.95 Å². The molecule has 0 unspecified atom stereocenters. The van der Waals surface area contributed by atoms with Crippen LogP contribution in [0.4, 0.5) is 5.95 Å². The van der Waals surface area contributed by atoms with E-state index in [0.29, 0.717) is 22.9 Å². The molecule has 0 aliphatic rings. The number of ether oxygens (including phenoxy) is 2. The van der Waals surface area contributed by atoms with Crippen LogP contribution in [0.3, 0.4) is 0 Å². The number of anilines is 1. The third-order valence-electron chi connectivity index (χ3n) is 3.04. The van der Waals surface area contributed by atoms with E-state index in [-0.39, 0.29) is 22.7 Å². The van der Waals surface area contributed by atoms with Crippen LogP contribution in [0.5, 0.6) is 11.5 Å². The van der Waals surface area contributed by atoms with Crippen LogP contribution in [0.1, 0.15) is 0 Å². The molecule has 0 fully saturated rings. The zero-order chi connectivity index (χ0) is 15.0. The van der Waals surface area contributed by atoms with E-state index in [9.17, 15) is 4.79 Å². The lowest BCUT2D eigenvalue weighted by Crippen LogP contribution is -2.10. The van der Waals surface area contributed by atoms with Gasteiger partial charge in [0.15, 0.2) is 11.2 Å². The molecule has 108 valence electrons. The Kier molecular flexibility index (Phi) is 2.98. The van der Waals surface area contributed by atoms with Crippen molar-refractivity contribution >= 4 is 17.1 Å². The first kappa shape index (κ1) is 13.0. The number of rotatable bonds is 3. The topological polar surface area (TPSA) is 119 Å². The van der Waals surface area contributed by atoms with Gasteiger partial charge in [0.25, 0.3) is 5.56 Å². The first-order chi connectivity index (χ1) is 10.1. The van der Waals surface area contributed by atoms with Crippen LogP contribution >= 0.6 is 0 Å². The summed E-state index contributed by atoms with van der Waals surface area (Å²) in [7, 11) is 3.12. The lowest BCUT2D eigenvalue weighted by atomic mass is 10.2. The second-order valence-electron chi connectivity index (χ2n) is 4.30. The van der Waals surface area contributed by atoms with Crippen molar-refractivity contribution in [3.63, 3.8) is 0 Å². The van der Waals surface area contributed by atoms with Crippen molar-refractivity contribution in [2.24, 2.45) is 0 Å². The van der Waals surface area contributed by atoms with E-state index in [2.05, 4.69) is 19.9 Å². The minimum Gasteiger partial charge on any atom is -0.497 e. The second-order valence-corrected chi connectivity index (χ2v) is 4.30. The number of benzene rings is 1. The molecule has 0 spiro atoms. The summed E-state index contributed by atoms with van der Waals surface area (Å²) < 4.78 is 10.5. The van der Waals surface area contributed by atoms with Crippen LogP contribution in [0.15, 0.2) is 23.0 Å². The van der Waals surface area contributed by atoms with Gasteiger partial charge in [-0.15, -0.1) is 0 Å². The number of nitrogen functional groups attached to an aromatic ring is 1. The maximum atomic E-state index is 11.8. The predicted octanol–water partition coefficient (Wildman–Crippen LogP) is 0.913. The van der Waals surface area contributed by atoms with Gasteiger partial charge in [-0.05, 0) is 18.2 Å². The van der Waals surface area contributed by atoms with E-state index in [1.165, 1.54) is 0 Å². The van der Waals surface area contributed by atoms with Crippen LogP contribution in [0.25, 0.3) is 22.6 Å². The SMILES string of the molecule is COc1ccc(OC)c(-c2nc3nc(N)[nH]c(=O)c3[nH]2)c1. The van der Waals surface area contributed by atoms with Gasteiger partial charge in [-0.2, -0.15) is 4.98 Å². The lowest BCUT2D eigenvalue weighted by Gasteiger charge is -2.08. The lowest BCUT2D eigenvalue weighted by molar-refractivity contribution is 0.404. The highest BCUT2D eigenvalue weighted by atomic mass is 16.5. The van der Waals surface area contributed by atoms with Crippen molar-refractivity contribution in [2.75, 3.05) is 20.0 Å². The molecule has 0 aliphatic heterocycles. The smallest absolute Gasteiger partial charge is 0.278 e. The molecule has 3 aromatic rings. The van der Waals surface area contributed by atoms with E-state index < -0.39 is 0 Å². The highest BCUT2D eigenvalue weighted by Gasteiger charge is 2.14. The molecule has 2 heterocycles. The largest absolute Gasteiger partial charge is 0.497 e. The van der Waals surface area contributed by atoms with Gasteiger partial charge in [0.1, 0.15) is 17.3 Å². The molecule has 8 heteroatoms. The Bertz CT molecular complexity index is 868. The van der Waals surface area contributed by atoms with Crippen molar-refractivity contribution < 1.29 is 9.47 Å². The molecule has 0 bridgehead atoms. The molecule has 2 aromatic heterocycles. The Morgan fingerprint density at radius 1 is 1.14 bits per heavy atom. The van der Waals surface area contributed by atoms with Gasteiger partial charge >= 0.3 is 0 Å². The number of nitrogens with two attached hydrogens (primary N) is 1. The predicted molar refractivity (Wildman–Crippen MR) is 77.5 cm³/mol. The number of imidazole rings is 1. The second kappa shape index (κ2) is 4.82. The summed E-state index contributed by atoms with van der Waals surface area (Å²) >= 11 is 0. The van der Waals surface area contributed by atoms with Crippen molar-refractivity contribution in [2.45, 2.75) is 0 Å². The molecule has 4 N–H and O–H groups in total. The number of methoxy groups -OCH3 is 2. The zero-order valence-corrected chi connectivity index (χ0v) is 11.4. The summed E-state index contributed by atoms with van der Waals surface area (Å²) in [4.78, 5) is 25.4. The Labute approximate surface area is 118 Å². The molecule has 0 saturated carbocycles. The van der Waals surface area contributed by atoms with Crippen LogP contribution in [0, 0.1) is 0 Å². The fraction of sp³-hybridized carbons (Fsp3) is 0.154. The Balaban J connectivity index is 2.25. The zero-order valence-electron chi connectivity index (χ0n) is 11.4. The van der Waals surface area contributed by atoms with E-state index >= 15 is 0 Å². The molecule has 0 aliphatic carbocycles. The van der Waals surface area contributed by atoms with E-state index in [1.54, 1.807) is 32.4 Å². The third kappa shape index (κ3) is 2.16. The molecular formula is C13H13N5O3. The van der Waals surface area contributed by atoms with Gasteiger partial charge in [-0.25, -0.2) is 4.98 Å². The third-order valence-corrected chi connectivity index (χ3v) is 3.04. The van der Waals surface area contributed by atoms with E-state index in [0.717, 1.165) is 0 Å². The van der Waals surface area contributed by atoms with Crippen LogP contribution in [0.2, 0.25) is 0 Å².